The number of rotatable bonds is 1. The lowest BCUT2D eigenvalue weighted by molar-refractivity contribution is -1.18. The first-order chi connectivity index (χ1) is 10.5. The third-order valence-corrected chi connectivity index (χ3v) is 6.24. The average molecular weight is 297 g/mol. The summed E-state index contributed by atoms with van der Waals surface area (Å²) in [5.74, 6) is 0.516. The van der Waals surface area contributed by atoms with Gasteiger partial charge in [-0.1, -0.05) is 18.2 Å². The molecular weight excluding hydrogens is 274 g/mol. The summed E-state index contributed by atoms with van der Waals surface area (Å²) in [6.07, 6.45) is 0.460. The number of piperidine rings is 2. The Morgan fingerprint density at radius 3 is 2.23 bits per heavy atom. The zero-order valence-electron chi connectivity index (χ0n) is 13.2. The van der Waals surface area contributed by atoms with Gasteiger partial charge in [0.05, 0.1) is 0 Å². The van der Waals surface area contributed by atoms with Crippen LogP contribution in [0, 0.1) is 10.8 Å². The molecule has 4 nitrogen and oxygen atoms in total. The second-order valence-corrected chi connectivity index (χ2v) is 8.22. The van der Waals surface area contributed by atoms with Crippen LogP contribution in [0.15, 0.2) is 30.3 Å². The van der Waals surface area contributed by atoms with Gasteiger partial charge >= 0.3 is 0 Å². The van der Waals surface area contributed by atoms with Crippen molar-refractivity contribution >= 4 is 16.7 Å². The summed E-state index contributed by atoms with van der Waals surface area (Å²) in [5, 5.41) is 1.29. The molecule has 0 amide bonds. The van der Waals surface area contributed by atoms with E-state index in [1.54, 1.807) is 9.80 Å². The Bertz CT molecular complexity index is 719. The summed E-state index contributed by atoms with van der Waals surface area (Å²) >= 11 is 0. The minimum Gasteiger partial charge on any atom is -0.348 e. The van der Waals surface area contributed by atoms with Crippen molar-refractivity contribution in [2.45, 2.75) is 20.0 Å². The number of Topliss-reactive ketones (excluding diaryl/α,β-unsaturated/α-hetero) is 1. The minimum atomic E-state index is -0.113. The number of aromatic amines is 1. The first-order valence-corrected chi connectivity index (χ1v) is 8.30. The van der Waals surface area contributed by atoms with Gasteiger partial charge in [-0.3, -0.25) is 14.6 Å². The van der Waals surface area contributed by atoms with Crippen molar-refractivity contribution in [1.29, 1.82) is 0 Å². The van der Waals surface area contributed by atoms with Crippen molar-refractivity contribution in [2.24, 2.45) is 10.8 Å². The lowest BCUT2D eigenvalue weighted by Gasteiger charge is -2.58. The summed E-state index contributed by atoms with van der Waals surface area (Å²) in [5.41, 5.74) is 2.34. The van der Waals surface area contributed by atoms with Crippen LogP contribution < -0.4 is 9.80 Å². The summed E-state index contributed by atoms with van der Waals surface area (Å²) in [7, 11) is 0. The molecule has 0 atom stereocenters. The molecular formula is C18H23N3O+2. The van der Waals surface area contributed by atoms with Gasteiger partial charge in [-0.25, -0.2) is 0 Å². The van der Waals surface area contributed by atoms with Crippen molar-refractivity contribution in [3.05, 3.63) is 36.0 Å². The van der Waals surface area contributed by atoms with Crippen LogP contribution in [0.25, 0.3) is 10.9 Å². The molecule has 4 fully saturated rings. The SMILES string of the molecule is CC12C[NH+]3CC(C)(C[NH+](C1)C3c1cc3ccccc3[nH]1)C2=O. The highest BCUT2D eigenvalue weighted by molar-refractivity contribution is 5.91. The van der Waals surface area contributed by atoms with Crippen molar-refractivity contribution in [3.8, 4) is 0 Å². The van der Waals surface area contributed by atoms with E-state index in [2.05, 4.69) is 49.2 Å². The Kier molecular flexibility index (Phi) is 2.23. The molecule has 4 bridgehead atoms. The topological polar surface area (TPSA) is 41.7 Å². The van der Waals surface area contributed by atoms with E-state index >= 15 is 0 Å². The van der Waals surface area contributed by atoms with E-state index in [1.807, 2.05) is 0 Å². The Hall–Kier alpha value is -1.65. The standard InChI is InChI=1S/C18H21N3O/c1-17-8-20-10-18(2,16(17)22)11-21(9-17)15(20)14-7-12-5-3-4-6-13(12)19-14/h3-7,15,19H,8-11H2,1-2H3/p+2. The van der Waals surface area contributed by atoms with E-state index in [4.69, 9.17) is 0 Å². The molecule has 0 spiro atoms. The molecule has 4 saturated heterocycles. The molecule has 0 unspecified atom stereocenters. The number of aromatic nitrogens is 1. The summed E-state index contributed by atoms with van der Waals surface area (Å²) in [4.78, 5) is 19.6. The Morgan fingerprint density at radius 2 is 1.64 bits per heavy atom. The van der Waals surface area contributed by atoms with Gasteiger partial charge in [0.15, 0.2) is 5.78 Å². The third-order valence-electron chi connectivity index (χ3n) is 6.24. The molecule has 4 aliphatic heterocycles. The van der Waals surface area contributed by atoms with Crippen LogP contribution in [0.4, 0.5) is 0 Å². The second-order valence-electron chi connectivity index (χ2n) is 8.22. The smallest absolute Gasteiger partial charge is 0.255 e. The van der Waals surface area contributed by atoms with Crippen LogP contribution in [0.1, 0.15) is 25.7 Å². The van der Waals surface area contributed by atoms with Crippen LogP contribution in [0.5, 0.6) is 0 Å². The fraction of sp³-hybridized carbons (Fsp3) is 0.500. The van der Waals surface area contributed by atoms with Crippen molar-refractivity contribution in [2.75, 3.05) is 26.2 Å². The van der Waals surface area contributed by atoms with Crippen molar-refractivity contribution in [1.82, 2.24) is 4.98 Å². The number of benzene rings is 1. The maximum Gasteiger partial charge on any atom is 0.255 e. The van der Waals surface area contributed by atoms with E-state index in [0.717, 1.165) is 26.2 Å². The molecule has 0 radical (unpaired) electrons. The molecule has 1 aromatic carbocycles. The lowest BCUT2D eigenvalue weighted by Crippen LogP contribution is -3.41. The predicted molar refractivity (Wildman–Crippen MR) is 83.7 cm³/mol. The summed E-state index contributed by atoms with van der Waals surface area (Å²) in [6.45, 7) is 8.34. The van der Waals surface area contributed by atoms with E-state index in [0.29, 0.717) is 11.9 Å². The van der Waals surface area contributed by atoms with Gasteiger partial charge < -0.3 is 4.98 Å². The molecule has 5 heterocycles. The molecule has 114 valence electrons. The fourth-order valence-electron chi connectivity index (χ4n) is 5.69. The van der Waals surface area contributed by atoms with E-state index in [-0.39, 0.29) is 10.8 Å². The van der Waals surface area contributed by atoms with Crippen molar-refractivity contribution < 1.29 is 14.6 Å². The number of hydrogen-bond donors (Lipinski definition) is 3. The Balaban J connectivity index is 1.59. The molecule has 4 aliphatic rings. The lowest BCUT2D eigenvalue weighted by atomic mass is 9.62. The molecule has 0 saturated carbocycles. The van der Waals surface area contributed by atoms with Gasteiger partial charge in [-0.15, -0.1) is 0 Å². The zero-order valence-corrected chi connectivity index (χ0v) is 13.2. The Labute approximate surface area is 130 Å². The van der Waals surface area contributed by atoms with Gasteiger partial charge in [0.2, 0.25) is 0 Å². The third kappa shape index (κ3) is 1.47. The van der Waals surface area contributed by atoms with E-state index < -0.39 is 0 Å². The number of hydrogen-bond acceptors (Lipinski definition) is 1. The maximum atomic E-state index is 12.8. The number of nitrogens with one attached hydrogen (secondary N) is 3. The fourth-order valence-corrected chi connectivity index (χ4v) is 5.69. The normalized spacial score (nSPS) is 43.2. The first kappa shape index (κ1) is 12.9. The summed E-state index contributed by atoms with van der Waals surface area (Å²) < 4.78 is 0. The van der Waals surface area contributed by atoms with Crippen molar-refractivity contribution in [3.63, 3.8) is 0 Å². The molecule has 22 heavy (non-hydrogen) atoms. The van der Waals surface area contributed by atoms with Gasteiger partial charge in [-0.05, 0) is 26.0 Å². The highest BCUT2D eigenvalue weighted by atomic mass is 16.1. The molecule has 6 rings (SSSR count). The number of carbonyl (C=O) groups excluding carboxylic acids is 1. The highest BCUT2D eigenvalue weighted by Gasteiger charge is 2.68. The largest absolute Gasteiger partial charge is 0.348 e. The highest BCUT2D eigenvalue weighted by Crippen LogP contribution is 2.36. The summed E-state index contributed by atoms with van der Waals surface area (Å²) in [6, 6.07) is 10.8. The van der Waals surface area contributed by atoms with Crippen LogP contribution in [0.2, 0.25) is 0 Å². The molecule has 0 aliphatic carbocycles. The second kappa shape index (κ2) is 3.81. The average Bonchev–Trinajstić information content (AvgIpc) is 2.86. The monoisotopic (exact) mass is 297 g/mol. The van der Waals surface area contributed by atoms with Gasteiger partial charge in [-0.2, -0.15) is 0 Å². The molecule has 3 N–H and O–H groups in total. The number of para-hydroxylation sites is 1. The van der Waals surface area contributed by atoms with Gasteiger partial charge in [0.1, 0.15) is 42.7 Å². The number of fused-ring (bicyclic) bond motifs is 1. The maximum absolute atomic E-state index is 12.8. The predicted octanol–water partition coefficient (Wildman–Crippen LogP) is -0.441. The van der Waals surface area contributed by atoms with E-state index in [9.17, 15) is 4.79 Å². The van der Waals surface area contributed by atoms with Gasteiger partial charge in [0, 0.05) is 10.9 Å². The minimum absolute atomic E-state index is 0.113. The number of quaternary nitrogens is 2. The van der Waals surface area contributed by atoms with Crippen LogP contribution in [-0.4, -0.2) is 36.9 Å². The number of H-pyrrole nitrogens is 1. The zero-order chi connectivity index (χ0) is 15.1. The van der Waals surface area contributed by atoms with Gasteiger partial charge in [0.25, 0.3) is 6.17 Å². The molecule has 2 aromatic rings. The molecule has 1 aromatic heterocycles. The Morgan fingerprint density at radius 1 is 1.05 bits per heavy atom. The van der Waals surface area contributed by atoms with Crippen LogP contribution >= 0.6 is 0 Å². The first-order valence-electron chi connectivity index (χ1n) is 8.30. The number of carbonyl (C=O) groups is 1. The molecule has 4 heteroatoms. The number of ketones is 1. The van der Waals surface area contributed by atoms with Crippen LogP contribution in [0.3, 0.4) is 0 Å². The van der Waals surface area contributed by atoms with Crippen LogP contribution in [-0.2, 0) is 4.79 Å². The van der Waals surface area contributed by atoms with E-state index in [1.165, 1.54) is 16.6 Å². The quantitative estimate of drug-likeness (QED) is 0.656.